The summed E-state index contributed by atoms with van der Waals surface area (Å²) in [5.41, 5.74) is 5.96. The Kier molecular flexibility index (Phi) is 15.5. The maximum absolute atomic E-state index is 2.57. The summed E-state index contributed by atoms with van der Waals surface area (Å²) in [4.78, 5) is 0. The van der Waals surface area contributed by atoms with Crippen LogP contribution in [-0.2, 0) is 20.4 Å². The molecule has 0 heterocycles. The van der Waals surface area contributed by atoms with E-state index < -0.39 is 8.07 Å². The zero-order valence-electron chi connectivity index (χ0n) is 25.7. The molecule has 4 rings (SSSR count). The van der Waals surface area contributed by atoms with Crippen molar-refractivity contribution in [3.8, 4) is 0 Å². The Bertz CT molecular complexity index is 1210. The van der Waals surface area contributed by atoms with E-state index in [1.165, 1.54) is 55.4 Å². The van der Waals surface area contributed by atoms with Crippen molar-refractivity contribution in [2.24, 2.45) is 0 Å². The van der Waals surface area contributed by atoms with Gasteiger partial charge in [-0.3, -0.25) is 0 Å². The molecule has 1 aliphatic carbocycles. The number of benzene rings is 3. The summed E-state index contributed by atoms with van der Waals surface area (Å²) in [6.45, 7) is 16.3. The van der Waals surface area contributed by atoms with Crippen molar-refractivity contribution in [2.45, 2.75) is 91.9 Å². The summed E-state index contributed by atoms with van der Waals surface area (Å²) in [7, 11) is -2.55. The first-order valence-corrected chi connectivity index (χ1v) is 17.4. The molecule has 0 amide bonds. The Balaban J connectivity index is 0.00000280. The first kappa shape index (κ1) is 38.0. The van der Waals surface area contributed by atoms with Gasteiger partial charge in [0.25, 0.3) is 0 Å². The van der Waals surface area contributed by atoms with Crippen LogP contribution in [0.1, 0.15) is 109 Å². The van der Waals surface area contributed by atoms with Crippen molar-refractivity contribution < 1.29 is 57.7 Å². The van der Waals surface area contributed by atoms with Crippen LogP contribution in [-0.4, -0.2) is 8.07 Å². The third-order valence-electron chi connectivity index (χ3n) is 8.39. The molecule has 1 aliphatic rings. The van der Waals surface area contributed by atoms with Crippen LogP contribution in [0.5, 0.6) is 0 Å². The van der Waals surface area contributed by atoms with Gasteiger partial charge in [0.2, 0.25) is 0 Å². The van der Waals surface area contributed by atoms with Crippen LogP contribution in [0.2, 0.25) is 0 Å². The van der Waals surface area contributed by atoms with Crippen molar-refractivity contribution in [3.05, 3.63) is 110 Å². The van der Waals surface area contributed by atoms with Gasteiger partial charge in [0, 0.05) is 0 Å². The Labute approximate surface area is 281 Å². The fraction of sp³-hybridized carbons (Fsp3) is 0.389. The number of rotatable bonds is 10. The van der Waals surface area contributed by atoms with Crippen molar-refractivity contribution in [1.29, 1.82) is 0 Å². The van der Waals surface area contributed by atoms with Crippen LogP contribution in [0.25, 0.3) is 0 Å². The number of unbranched alkanes of at least 4 members (excludes halogenated alkanes) is 1. The fourth-order valence-corrected chi connectivity index (χ4v) is 12.2. The van der Waals surface area contributed by atoms with E-state index in [4.69, 9.17) is 0 Å². The summed E-state index contributed by atoms with van der Waals surface area (Å²) < 4.78 is 1.50. The minimum Gasteiger partial charge on any atom is -1.00 e. The summed E-state index contributed by atoms with van der Waals surface area (Å²) in [6.07, 6.45) is 7.25. The van der Waals surface area contributed by atoms with Crippen LogP contribution in [0.4, 0.5) is 0 Å². The smallest absolute Gasteiger partial charge is 1.00 e. The first-order chi connectivity index (χ1) is 18.2. The van der Waals surface area contributed by atoms with Crippen LogP contribution in [0.3, 0.4) is 0 Å². The molecule has 0 aliphatic heterocycles. The molecule has 0 aromatic heterocycles. The Hall–Kier alpha value is -1.06. The molecule has 0 bridgehead atoms. The monoisotopic (exact) mass is 658 g/mol. The Morgan fingerprint density at radius 1 is 0.659 bits per heavy atom. The molecule has 3 aromatic rings. The van der Waals surface area contributed by atoms with Crippen molar-refractivity contribution >= 4 is 23.6 Å². The zero-order chi connectivity index (χ0) is 27.4. The quantitative estimate of drug-likeness (QED) is 0.202. The molecular formula is C36H45Cl3SiTi. The van der Waals surface area contributed by atoms with E-state index in [9.17, 15) is 0 Å². The second kappa shape index (κ2) is 16.7. The zero-order valence-corrected chi connectivity index (χ0v) is 30.5. The molecule has 5 heteroatoms. The molecule has 0 atom stereocenters. The standard InChI is InChI=1S/C36H45Si.3ClH.Ti/c1-8-9-14-29-15-13-22-36(29)37(33-19-10-16-30(23-33)26(2)3,34-20-11-17-31(24-34)27(4)5)35-21-12-18-32(25-35)28(6)7;;;;/h10-13,16-21,23-28H,8-9,14,22H2,1-7H3;3*1H;/q;;;;+3/p-3. The van der Waals surface area contributed by atoms with E-state index >= 15 is 0 Å². The van der Waals surface area contributed by atoms with Crippen LogP contribution in [0.15, 0.2) is 93.5 Å². The Morgan fingerprint density at radius 2 is 1.05 bits per heavy atom. The molecule has 0 unspecified atom stereocenters. The molecule has 0 saturated carbocycles. The van der Waals surface area contributed by atoms with Gasteiger partial charge in [-0.05, 0) is 0 Å². The summed E-state index contributed by atoms with van der Waals surface area (Å²) >= 11 is 2.36. The molecule has 41 heavy (non-hydrogen) atoms. The molecule has 0 spiro atoms. The minimum atomic E-state index is -2.55. The van der Waals surface area contributed by atoms with Crippen molar-refractivity contribution in [2.75, 3.05) is 0 Å². The van der Waals surface area contributed by atoms with Gasteiger partial charge in [-0.1, -0.05) is 0 Å². The molecule has 0 radical (unpaired) electrons. The number of hydrogen-bond acceptors (Lipinski definition) is 0. The first-order valence-electron chi connectivity index (χ1n) is 14.7. The molecule has 0 nitrogen and oxygen atoms in total. The van der Waals surface area contributed by atoms with Crippen LogP contribution >= 0.6 is 0 Å². The molecule has 0 N–H and O–H groups in total. The van der Waals surface area contributed by atoms with E-state index in [0.717, 1.165) is 6.42 Å². The predicted molar refractivity (Wildman–Crippen MR) is 165 cm³/mol. The third-order valence-corrected chi connectivity index (χ3v) is 14.1. The molecule has 0 fully saturated rings. The van der Waals surface area contributed by atoms with E-state index in [-0.39, 0.29) is 37.2 Å². The van der Waals surface area contributed by atoms with Gasteiger partial charge in [-0.2, -0.15) is 0 Å². The van der Waals surface area contributed by atoms with E-state index in [0.29, 0.717) is 17.8 Å². The Morgan fingerprint density at radius 3 is 1.39 bits per heavy atom. The largest absolute Gasteiger partial charge is 1.00 e. The average molecular weight is 660 g/mol. The van der Waals surface area contributed by atoms with E-state index in [1.807, 2.05) is 0 Å². The van der Waals surface area contributed by atoms with Crippen LogP contribution < -0.4 is 52.8 Å². The van der Waals surface area contributed by atoms with Gasteiger partial charge >= 0.3 is 246 Å². The second-order valence-corrected chi connectivity index (χ2v) is 16.6. The summed E-state index contributed by atoms with van der Waals surface area (Å²) in [5.74, 6) is 1.51. The normalized spacial score (nSPS) is 13.2. The van der Waals surface area contributed by atoms with Gasteiger partial charge in [0.1, 0.15) is 0 Å². The van der Waals surface area contributed by atoms with Gasteiger partial charge < -0.3 is 37.2 Å². The molecule has 0 saturated heterocycles. The van der Waals surface area contributed by atoms with Gasteiger partial charge in [0.05, 0.1) is 0 Å². The topological polar surface area (TPSA) is 0 Å². The fourth-order valence-electron chi connectivity index (χ4n) is 6.05. The third kappa shape index (κ3) is 7.91. The van der Waals surface area contributed by atoms with Gasteiger partial charge in [-0.25, -0.2) is 0 Å². The van der Waals surface area contributed by atoms with Crippen molar-refractivity contribution in [3.63, 3.8) is 0 Å². The maximum atomic E-state index is 2.57. The predicted octanol–water partition coefficient (Wildman–Crippen LogP) is -0.601. The second-order valence-electron chi connectivity index (χ2n) is 12.0. The number of allylic oxidation sites excluding steroid dienone is 4. The summed E-state index contributed by atoms with van der Waals surface area (Å²) in [5, 5.41) is 6.33. The molecular weight excluding hydrogens is 615 g/mol. The SMILES string of the molecule is CCCCC1=C([Si](c2cccc(C(C)C)c2)(c2cccc(C(C)C)c2)c2cccc(C(C)C)c2)CC=[C]1[Ti+3].[Cl-].[Cl-].[Cl-]. The maximum Gasteiger partial charge on any atom is -1.00 e. The molecule has 218 valence electrons. The van der Waals surface area contributed by atoms with Gasteiger partial charge in [0.15, 0.2) is 0 Å². The average Bonchev–Trinajstić information content (AvgIpc) is 3.28. The van der Waals surface area contributed by atoms with Gasteiger partial charge in [-0.15, -0.1) is 0 Å². The number of halogens is 3. The number of hydrogen-bond donors (Lipinski definition) is 0. The van der Waals surface area contributed by atoms with E-state index in [2.05, 4.69) is 148 Å². The van der Waals surface area contributed by atoms with Crippen LogP contribution in [0, 0.1) is 0 Å². The summed E-state index contributed by atoms with van der Waals surface area (Å²) in [6, 6.07) is 29.0. The van der Waals surface area contributed by atoms with Crippen molar-refractivity contribution in [1.82, 2.24) is 0 Å². The minimum absolute atomic E-state index is 0. The van der Waals surface area contributed by atoms with E-state index in [1.54, 1.807) is 10.8 Å². The molecule has 3 aromatic carbocycles.